The third-order valence-corrected chi connectivity index (χ3v) is 12.1. The lowest BCUT2D eigenvalue weighted by Crippen LogP contribution is -2.30. The molecule has 2 aliphatic rings. The van der Waals surface area contributed by atoms with E-state index in [1.807, 2.05) is 38.1 Å². The van der Waals surface area contributed by atoms with Gasteiger partial charge in [0, 0.05) is 46.6 Å². The van der Waals surface area contributed by atoms with Crippen LogP contribution in [-0.4, -0.2) is 69.2 Å². The number of fused-ring (bicyclic) bond motifs is 2. The molecule has 1 atom stereocenters. The molecule has 4 heterocycles. The molecule has 4 aromatic rings. The van der Waals surface area contributed by atoms with Crippen molar-refractivity contribution >= 4 is 32.6 Å². The van der Waals surface area contributed by atoms with Crippen LogP contribution in [0.1, 0.15) is 109 Å². The fourth-order valence-electron chi connectivity index (χ4n) is 5.65. The summed E-state index contributed by atoms with van der Waals surface area (Å²) in [7, 11) is -4.17. The van der Waals surface area contributed by atoms with Crippen molar-refractivity contribution in [3.05, 3.63) is 106 Å². The summed E-state index contributed by atoms with van der Waals surface area (Å²) in [5.41, 5.74) is 3.73. The van der Waals surface area contributed by atoms with Crippen molar-refractivity contribution in [3.8, 4) is 23.7 Å². The van der Waals surface area contributed by atoms with Crippen LogP contribution >= 0.6 is 0 Å². The Bertz CT molecular complexity index is 2300. The number of aromatic nitrogens is 4. The molecule has 6 rings (SSSR count). The van der Waals surface area contributed by atoms with Crippen molar-refractivity contribution in [3.63, 3.8) is 0 Å². The highest BCUT2D eigenvalue weighted by atomic mass is 32.2. The Balaban J connectivity index is 0.000000204. The normalized spacial score (nSPS) is 17.1. The highest BCUT2D eigenvalue weighted by Crippen LogP contribution is 2.39. The molecule has 274 valence electrons. The number of hydrogen-bond acceptors (Lipinski definition) is 11. The monoisotopic (exact) mass is 752 g/mol. The van der Waals surface area contributed by atoms with E-state index in [1.54, 1.807) is 26.0 Å². The average molecular weight is 753 g/mol. The number of carbonyl (C=O) groups is 2. The third kappa shape index (κ3) is 9.41. The van der Waals surface area contributed by atoms with Crippen LogP contribution in [0, 0.1) is 23.7 Å². The van der Waals surface area contributed by atoms with Gasteiger partial charge >= 0.3 is 11.9 Å². The van der Waals surface area contributed by atoms with E-state index in [4.69, 9.17) is 9.47 Å². The van der Waals surface area contributed by atoms with E-state index < -0.39 is 32.6 Å². The third-order valence-electron chi connectivity index (χ3n) is 8.87. The zero-order chi connectivity index (χ0) is 38.4. The highest BCUT2D eigenvalue weighted by molar-refractivity contribution is 7.91. The maximum absolute atomic E-state index is 12.3. The second kappa shape index (κ2) is 16.2. The summed E-state index contributed by atoms with van der Waals surface area (Å²) in [5, 5.41) is 0. The first-order chi connectivity index (χ1) is 25.1. The molecule has 11 nitrogen and oxygen atoms in total. The van der Waals surface area contributed by atoms with Gasteiger partial charge in [-0.1, -0.05) is 39.5 Å². The van der Waals surface area contributed by atoms with Crippen LogP contribution in [0.5, 0.6) is 0 Å². The molecule has 0 amide bonds. The number of sulfone groups is 1. The van der Waals surface area contributed by atoms with E-state index >= 15 is 0 Å². The van der Waals surface area contributed by atoms with Gasteiger partial charge in [0.2, 0.25) is 11.6 Å². The Morgan fingerprint density at radius 2 is 1.19 bits per heavy atom. The molecule has 13 heteroatoms. The average Bonchev–Trinajstić information content (AvgIpc) is 3.14. The Labute approximate surface area is 312 Å². The summed E-state index contributed by atoms with van der Waals surface area (Å²) in [6.45, 7) is 12.5. The molecule has 2 aromatic carbocycles. The van der Waals surface area contributed by atoms with Gasteiger partial charge in [-0.3, -0.25) is 4.21 Å². The first-order valence-corrected chi connectivity index (χ1v) is 20.0. The van der Waals surface area contributed by atoms with Crippen LogP contribution in [-0.2, 0) is 40.9 Å². The number of carbonyl (C=O) groups excluding carboxylic acids is 2. The van der Waals surface area contributed by atoms with Crippen LogP contribution < -0.4 is 0 Å². The van der Waals surface area contributed by atoms with Crippen molar-refractivity contribution in [2.75, 3.05) is 24.7 Å². The van der Waals surface area contributed by atoms with Crippen LogP contribution in [0.25, 0.3) is 0 Å². The second-order valence-corrected chi connectivity index (χ2v) is 17.2. The standard InChI is InChI=1S/C20H20N2O4S.C20H20N2O3S/c1-4-26-19(23)15-12-21-18(22-13-15)8-6-14-5-7-17-16(11-14)20(2,3)9-10-27(17,24)25;1-4-25-19(23)15-12-21-18(22-13-15)8-6-14-5-7-17-16(11-14)20(2,3)9-10-26(17)24/h5,7,11-13H,4,9-10H2,1-3H3;5,7,11-13H,4,9-10H2,1-3H3. The van der Waals surface area contributed by atoms with Gasteiger partial charge in [-0.25, -0.2) is 37.9 Å². The second-order valence-electron chi connectivity index (χ2n) is 13.6. The lowest BCUT2D eigenvalue weighted by Gasteiger charge is -2.32. The Hall–Kier alpha value is -5.24. The number of ether oxygens (including phenoxy) is 2. The molecule has 0 spiro atoms. The first-order valence-electron chi connectivity index (χ1n) is 17.1. The first kappa shape index (κ1) is 39.0. The van der Waals surface area contributed by atoms with Crippen molar-refractivity contribution in [2.45, 2.75) is 75.0 Å². The number of esters is 2. The Morgan fingerprint density at radius 3 is 1.70 bits per heavy atom. The predicted molar refractivity (Wildman–Crippen MR) is 199 cm³/mol. The summed E-state index contributed by atoms with van der Waals surface area (Å²) < 4.78 is 46.6. The number of rotatable bonds is 4. The molecule has 0 N–H and O–H groups in total. The Morgan fingerprint density at radius 1 is 0.717 bits per heavy atom. The molecule has 53 heavy (non-hydrogen) atoms. The number of benzene rings is 2. The van der Waals surface area contributed by atoms with Gasteiger partial charge in [0.05, 0.1) is 45.8 Å². The summed E-state index contributed by atoms with van der Waals surface area (Å²) in [6.07, 6.45) is 7.04. The van der Waals surface area contributed by atoms with Crippen molar-refractivity contribution in [2.24, 2.45) is 0 Å². The Kier molecular flexibility index (Phi) is 11.9. The molecular formula is C40H40N4O7S2. The largest absolute Gasteiger partial charge is 0.462 e. The van der Waals surface area contributed by atoms with Crippen LogP contribution in [0.2, 0.25) is 0 Å². The topological polar surface area (TPSA) is 155 Å². The fraction of sp³-hybridized carbons (Fsp3) is 0.350. The van der Waals surface area contributed by atoms with E-state index in [-0.39, 0.29) is 34.6 Å². The van der Waals surface area contributed by atoms with Crippen molar-refractivity contribution in [1.82, 2.24) is 19.9 Å². The van der Waals surface area contributed by atoms with Crippen LogP contribution in [0.4, 0.5) is 0 Å². The van der Waals surface area contributed by atoms with Gasteiger partial charge < -0.3 is 9.47 Å². The minimum absolute atomic E-state index is 0.0152. The molecular weight excluding hydrogens is 713 g/mol. The minimum atomic E-state index is -3.23. The molecule has 1 unspecified atom stereocenters. The highest BCUT2D eigenvalue weighted by Gasteiger charge is 2.35. The molecule has 0 bridgehead atoms. The summed E-state index contributed by atoms with van der Waals surface area (Å²) in [6, 6.07) is 10.9. The van der Waals surface area contributed by atoms with E-state index in [0.29, 0.717) is 40.6 Å². The quantitative estimate of drug-likeness (QED) is 0.196. The zero-order valence-corrected chi connectivity index (χ0v) is 32.1. The fourth-order valence-corrected chi connectivity index (χ4v) is 9.31. The molecule has 0 saturated carbocycles. The van der Waals surface area contributed by atoms with Gasteiger partial charge in [0.15, 0.2) is 9.84 Å². The van der Waals surface area contributed by atoms with Gasteiger partial charge in [0.1, 0.15) is 0 Å². The van der Waals surface area contributed by atoms with Crippen LogP contribution in [0.3, 0.4) is 0 Å². The van der Waals surface area contributed by atoms with Gasteiger partial charge in [-0.05, 0) is 96.9 Å². The van der Waals surface area contributed by atoms with Gasteiger partial charge in [-0.15, -0.1) is 0 Å². The predicted octanol–water partition coefficient (Wildman–Crippen LogP) is 5.35. The van der Waals surface area contributed by atoms with Crippen LogP contribution in [0.15, 0.2) is 71.0 Å². The smallest absolute Gasteiger partial charge is 0.341 e. The zero-order valence-electron chi connectivity index (χ0n) is 30.5. The lowest BCUT2D eigenvalue weighted by molar-refractivity contribution is 0.0515. The summed E-state index contributed by atoms with van der Waals surface area (Å²) >= 11 is 0. The van der Waals surface area contributed by atoms with Crippen molar-refractivity contribution < 1.29 is 31.7 Å². The molecule has 2 aromatic heterocycles. The van der Waals surface area contributed by atoms with Crippen molar-refractivity contribution in [1.29, 1.82) is 0 Å². The summed E-state index contributed by atoms with van der Waals surface area (Å²) in [4.78, 5) is 40.8. The number of nitrogens with zero attached hydrogens (tertiary/aromatic N) is 4. The molecule has 0 aliphatic carbocycles. The van der Waals surface area contributed by atoms with Gasteiger partial charge in [-0.2, -0.15) is 0 Å². The number of hydrogen-bond donors (Lipinski definition) is 0. The maximum atomic E-state index is 12.3. The minimum Gasteiger partial charge on any atom is -0.462 e. The lowest BCUT2D eigenvalue weighted by atomic mass is 9.81. The SMILES string of the molecule is CCOC(=O)c1cnc(C#Cc2ccc3c(c2)C(C)(C)CCS3(=O)=O)nc1.CCOC(=O)c1cnc(C#Cc2ccc3c(c2)C(C)(C)CCS3=O)nc1. The van der Waals surface area contributed by atoms with E-state index in [0.717, 1.165) is 28.0 Å². The molecule has 0 fully saturated rings. The molecule has 0 saturated heterocycles. The maximum Gasteiger partial charge on any atom is 0.341 e. The van der Waals surface area contributed by atoms with E-state index in [1.165, 1.54) is 24.8 Å². The van der Waals surface area contributed by atoms with Gasteiger partial charge in [0.25, 0.3) is 0 Å². The summed E-state index contributed by atoms with van der Waals surface area (Å²) in [5.74, 6) is 12.3. The van der Waals surface area contributed by atoms with E-state index in [2.05, 4.69) is 57.5 Å². The van der Waals surface area contributed by atoms with E-state index in [9.17, 15) is 22.2 Å². The molecule has 2 aliphatic heterocycles. The molecule has 0 radical (unpaired) electrons.